The molecule has 5 nitrogen and oxygen atoms in total. The molecule has 0 saturated heterocycles. The van der Waals surface area contributed by atoms with Crippen molar-refractivity contribution in [3.63, 3.8) is 0 Å². The summed E-state index contributed by atoms with van der Waals surface area (Å²) >= 11 is 0. The van der Waals surface area contributed by atoms with Gasteiger partial charge in [0, 0.05) is 12.7 Å². The average Bonchev–Trinajstić information content (AvgIpc) is 2.77. The smallest absolute Gasteiger partial charge is 0.373 e. The van der Waals surface area contributed by atoms with E-state index < -0.39 is 17.6 Å². The molecule has 2 aromatic rings. The van der Waals surface area contributed by atoms with Gasteiger partial charge >= 0.3 is 5.97 Å². The molecule has 0 fully saturated rings. The zero-order chi connectivity index (χ0) is 14.0. The SMILES string of the molecule is COCc1nc(-c2ccc(F)c(F)c2)oc1C(=O)O. The van der Waals surface area contributed by atoms with Gasteiger partial charge < -0.3 is 14.3 Å². The maximum Gasteiger partial charge on any atom is 0.373 e. The van der Waals surface area contributed by atoms with Gasteiger partial charge in [0.15, 0.2) is 11.6 Å². The first-order chi connectivity index (χ1) is 9.02. The lowest BCUT2D eigenvalue weighted by molar-refractivity contribution is 0.0656. The largest absolute Gasteiger partial charge is 0.475 e. The Morgan fingerprint density at radius 2 is 2.16 bits per heavy atom. The summed E-state index contributed by atoms with van der Waals surface area (Å²) in [6.45, 7) is -0.0607. The predicted octanol–water partition coefficient (Wildman–Crippen LogP) is 2.46. The molecule has 0 bridgehead atoms. The summed E-state index contributed by atoms with van der Waals surface area (Å²) in [5.41, 5.74) is 0.221. The fourth-order valence-corrected chi connectivity index (χ4v) is 1.51. The molecule has 2 rings (SSSR count). The summed E-state index contributed by atoms with van der Waals surface area (Å²) in [6, 6.07) is 3.03. The zero-order valence-corrected chi connectivity index (χ0v) is 9.81. The number of hydrogen-bond acceptors (Lipinski definition) is 4. The maximum atomic E-state index is 13.1. The zero-order valence-electron chi connectivity index (χ0n) is 9.81. The number of ether oxygens (including phenoxy) is 1. The first-order valence-electron chi connectivity index (χ1n) is 5.20. The van der Waals surface area contributed by atoms with E-state index in [1.165, 1.54) is 13.2 Å². The van der Waals surface area contributed by atoms with Crippen LogP contribution in [0.25, 0.3) is 11.5 Å². The van der Waals surface area contributed by atoms with Gasteiger partial charge in [-0.15, -0.1) is 0 Å². The standard InChI is InChI=1S/C12H9F2NO4/c1-18-5-9-10(12(16)17)19-11(15-9)6-2-3-7(13)8(14)4-6/h2-4H,5H2,1H3,(H,16,17). The van der Waals surface area contributed by atoms with Crippen LogP contribution in [0.15, 0.2) is 22.6 Å². The highest BCUT2D eigenvalue weighted by Gasteiger charge is 2.20. The van der Waals surface area contributed by atoms with Crippen molar-refractivity contribution in [3.8, 4) is 11.5 Å². The third-order valence-corrected chi connectivity index (χ3v) is 2.34. The Hall–Kier alpha value is -2.28. The van der Waals surface area contributed by atoms with Gasteiger partial charge in [-0.25, -0.2) is 18.6 Å². The summed E-state index contributed by atoms with van der Waals surface area (Å²) in [5, 5.41) is 8.93. The van der Waals surface area contributed by atoms with Crippen LogP contribution in [0, 0.1) is 11.6 Å². The molecule has 0 atom stereocenters. The van der Waals surface area contributed by atoms with E-state index in [0.717, 1.165) is 12.1 Å². The second-order valence-electron chi connectivity index (χ2n) is 3.66. The molecule has 19 heavy (non-hydrogen) atoms. The molecular weight excluding hydrogens is 260 g/mol. The van der Waals surface area contributed by atoms with Crippen molar-refractivity contribution in [2.75, 3.05) is 7.11 Å². The van der Waals surface area contributed by atoms with Gasteiger partial charge in [-0.05, 0) is 18.2 Å². The first-order valence-corrected chi connectivity index (χ1v) is 5.20. The Morgan fingerprint density at radius 1 is 1.42 bits per heavy atom. The maximum absolute atomic E-state index is 13.1. The lowest BCUT2D eigenvalue weighted by atomic mass is 10.2. The summed E-state index contributed by atoms with van der Waals surface area (Å²) < 4.78 is 35.7. The molecule has 0 aliphatic carbocycles. The van der Waals surface area contributed by atoms with Gasteiger partial charge in [0.25, 0.3) is 0 Å². The number of halogens is 2. The summed E-state index contributed by atoms with van der Waals surface area (Å²) in [7, 11) is 1.37. The van der Waals surface area contributed by atoms with Gasteiger partial charge in [0.1, 0.15) is 5.69 Å². The van der Waals surface area contributed by atoms with Gasteiger partial charge in [-0.1, -0.05) is 0 Å². The molecule has 0 aliphatic rings. The molecule has 0 radical (unpaired) electrons. The van der Waals surface area contributed by atoms with Crippen LogP contribution in [0.3, 0.4) is 0 Å². The topological polar surface area (TPSA) is 72.6 Å². The molecule has 1 heterocycles. The molecule has 0 spiro atoms. The van der Waals surface area contributed by atoms with E-state index in [1.807, 2.05) is 0 Å². The normalized spacial score (nSPS) is 10.7. The van der Waals surface area contributed by atoms with E-state index in [1.54, 1.807) is 0 Å². The minimum atomic E-state index is -1.31. The minimum absolute atomic E-state index is 0.0607. The highest BCUT2D eigenvalue weighted by molar-refractivity contribution is 5.86. The number of aromatic nitrogens is 1. The number of hydrogen-bond donors (Lipinski definition) is 1. The Balaban J connectivity index is 2.47. The fourth-order valence-electron chi connectivity index (χ4n) is 1.51. The van der Waals surface area contributed by atoms with Crippen molar-refractivity contribution >= 4 is 5.97 Å². The van der Waals surface area contributed by atoms with E-state index in [9.17, 15) is 13.6 Å². The monoisotopic (exact) mass is 269 g/mol. The molecule has 0 unspecified atom stereocenters. The fraction of sp³-hybridized carbons (Fsp3) is 0.167. The molecule has 1 N–H and O–H groups in total. The van der Waals surface area contributed by atoms with E-state index >= 15 is 0 Å². The Labute approximate surface area is 106 Å². The average molecular weight is 269 g/mol. The number of methoxy groups -OCH3 is 1. The number of carboxylic acid groups (broad SMARTS) is 1. The summed E-state index contributed by atoms with van der Waals surface area (Å²) in [4.78, 5) is 14.8. The van der Waals surface area contributed by atoms with Crippen molar-refractivity contribution in [1.29, 1.82) is 0 Å². The van der Waals surface area contributed by atoms with E-state index in [4.69, 9.17) is 14.3 Å². The third kappa shape index (κ3) is 2.60. The van der Waals surface area contributed by atoms with Gasteiger partial charge in [0.2, 0.25) is 11.7 Å². The highest BCUT2D eigenvalue weighted by atomic mass is 19.2. The second kappa shape index (κ2) is 5.15. The number of benzene rings is 1. The summed E-state index contributed by atoms with van der Waals surface area (Å²) in [5.74, 6) is -3.88. The lowest BCUT2D eigenvalue weighted by Gasteiger charge is -1.96. The van der Waals surface area contributed by atoms with Crippen LogP contribution < -0.4 is 0 Å². The molecule has 0 amide bonds. The van der Waals surface area contributed by atoms with Crippen LogP contribution in [0.4, 0.5) is 8.78 Å². The molecule has 1 aromatic heterocycles. The Kier molecular flexibility index (Phi) is 3.57. The van der Waals surface area contributed by atoms with E-state index in [2.05, 4.69) is 4.98 Å². The van der Waals surface area contributed by atoms with Crippen molar-refractivity contribution in [3.05, 3.63) is 41.3 Å². The first kappa shape index (κ1) is 13.2. The highest BCUT2D eigenvalue weighted by Crippen LogP contribution is 2.24. The van der Waals surface area contributed by atoms with Crippen molar-refractivity contribution in [1.82, 2.24) is 4.98 Å². The Bertz CT molecular complexity index is 624. The molecule has 1 aromatic carbocycles. The minimum Gasteiger partial charge on any atom is -0.475 e. The van der Waals surface area contributed by atoms with Crippen molar-refractivity contribution < 1.29 is 27.8 Å². The van der Waals surface area contributed by atoms with Gasteiger partial charge in [0.05, 0.1) is 6.61 Å². The van der Waals surface area contributed by atoms with Gasteiger partial charge in [-0.2, -0.15) is 0 Å². The Morgan fingerprint density at radius 3 is 2.74 bits per heavy atom. The van der Waals surface area contributed by atoms with Crippen LogP contribution in [0.2, 0.25) is 0 Å². The van der Waals surface area contributed by atoms with Crippen LogP contribution in [-0.2, 0) is 11.3 Å². The van der Waals surface area contributed by atoms with E-state index in [0.29, 0.717) is 0 Å². The molecule has 0 saturated carbocycles. The van der Waals surface area contributed by atoms with E-state index in [-0.39, 0.29) is 29.5 Å². The van der Waals surface area contributed by atoms with Crippen LogP contribution in [0.5, 0.6) is 0 Å². The van der Waals surface area contributed by atoms with Crippen LogP contribution in [0.1, 0.15) is 16.2 Å². The number of nitrogens with zero attached hydrogens (tertiary/aromatic N) is 1. The second-order valence-corrected chi connectivity index (χ2v) is 3.66. The van der Waals surface area contributed by atoms with Crippen molar-refractivity contribution in [2.24, 2.45) is 0 Å². The third-order valence-electron chi connectivity index (χ3n) is 2.34. The number of carboxylic acids is 1. The predicted molar refractivity (Wildman–Crippen MR) is 59.5 cm³/mol. The number of aromatic carboxylic acids is 1. The molecular formula is C12H9F2NO4. The number of carbonyl (C=O) groups is 1. The number of rotatable bonds is 4. The van der Waals surface area contributed by atoms with Crippen LogP contribution in [-0.4, -0.2) is 23.2 Å². The quantitative estimate of drug-likeness (QED) is 0.923. The molecule has 7 heteroatoms. The molecule has 0 aliphatic heterocycles. The molecule has 100 valence electrons. The summed E-state index contributed by atoms with van der Waals surface area (Å²) in [6.07, 6.45) is 0. The van der Waals surface area contributed by atoms with Crippen LogP contribution >= 0.6 is 0 Å². The lowest BCUT2D eigenvalue weighted by Crippen LogP contribution is -2.00. The number of oxazole rings is 1. The van der Waals surface area contributed by atoms with Crippen molar-refractivity contribution in [2.45, 2.75) is 6.61 Å². The van der Waals surface area contributed by atoms with Gasteiger partial charge in [-0.3, -0.25) is 0 Å².